The number of amides is 2. The molecule has 1 aliphatic rings. The Morgan fingerprint density at radius 1 is 1.24 bits per heavy atom. The van der Waals surface area contributed by atoms with Gasteiger partial charge in [0.05, 0.1) is 19.9 Å². The second-order valence-corrected chi connectivity index (χ2v) is 7.11. The van der Waals surface area contributed by atoms with E-state index in [2.05, 4.69) is 13.1 Å². The molecule has 5 heteroatoms. The Morgan fingerprint density at radius 3 is 2.41 bits per heavy atom. The van der Waals surface area contributed by atoms with E-state index in [0.717, 1.165) is 5.19 Å². The van der Waals surface area contributed by atoms with Gasteiger partial charge in [0.2, 0.25) is 0 Å². The Labute approximate surface area is 107 Å². The topological polar surface area (TPSA) is 37.4 Å². The van der Waals surface area contributed by atoms with Crippen LogP contribution in [-0.2, 0) is 0 Å². The summed E-state index contributed by atoms with van der Waals surface area (Å²) >= 11 is 6.15. The average Bonchev–Trinajstić information content (AvgIpc) is 2.50. The van der Waals surface area contributed by atoms with E-state index < -0.39 is 8.80 Å². The lowest BCUT2D eigenvalue weighted by atomic mass is 10.1. The number of carbonyl (C=O) groups excluding carboxylic acids is 2. The standard InChI is InChI=1S/C12H13ClNO2Si/c1-4-14-11(15)7-5-6-8(13)10(17(2)3)9(7)12(14)16/h5-6H,4H2,1-3H3. The Bertz CT molecular complexity index is 513. The van der Waals surface area contributed by atoms with Crippen molar-refractivity contribution in [2.24, 2.45) is 0 Å². The van der Waals surface area contributed by atoms with Gasteiger partial charge >= 0.3 is 0 Å². The van der Waals surface area contributed by atoms with E-state index in [1.807, 2.05) is 0 Å². The number of hydrogen-bond donors (Lipinski definition) is 0. The average molecular weight is 267 g/mol. The quantitative estimate of drug-likeness (QED) is 0.606. The summed E-state index contributed by atoms with van der Waals surface area (Å²) in [4.78, 5) is 25.4. The van der Waals surface area contributed by atoms with Gasteiger partial charge in [-0.2, -0.15) is 0 Å². The zero-order chi connectivity index (χ0) is 12.7. The molecule has 0 saturated heterocycles. The van der Waals surface area contributed by atoms with Crippen LogP contribution in [0, 0.1) is 0 Å². The second kappa shape index (κ2) is 4.27. The highest BCUT2D eigenvalue weighted by atomic mass is 35.5. The first-order valence-electron chi connectivity index (χ1n) is 5.48. The summed E-state index contributed by atoms with van der Waals surface area (Å²) in [5.41, 5.74) is 1.03. The largest absolute Gasteiger partial charge is 0.275 e. The molecule has 1 aromatic rings. The number of nitrogens with zero attached hydrogens (tertiary/aromatic N) is 1. The maximum absolute atomic E-state index is 12.2. The Hall–Kier alpha value is -1.13. The number of fused-ring (bicyclic) bond motifs is 1. The lowest BCUT2D eigenvalue weighted by Gasteiger charge is -2.12. The van der Waals surface area contributed by atoms with Gasteiger partial charge in [-0.1, -0.05) is 24.7 Å². The van der Waals surface area contributed by atoms with Crippen LogP contribution in [0.5, 0.6) is 0 Å². The van der Waals surface area contributed by atoms with Crippen LogP contribution in [0.4, 0.5) is 0 Å². The molecule has 89 valence electrons. The zero-order valence-corrected chi connectivity index (χ0v) is 11.8. The molecule has 17 heavy (non-hydrogen) atoms. The van der Waals surface area contributed by atoms with E-state index in [9.17, 15) is 9.59 Å². The summed E-state index contributed by atoms with van der Waals surface area (Å²) in [6.45, 7) is 6.34. The third kappa shape index (κ3) is 1.72. The van der Waals surface area contributed by atoms with Gasteiger partial charge in [-0.25, -0.2) is 0 Å². The minimum Gasteiger partial charge on any atom is -0.275 e. The Kier molecular flexibility index (Phi) is 3.10. The number of hydrogen-bond acceptors (Lipinski definition) is 2. The van der Waals surface area contributed by atoms with Gasteiger partial charge in [0, 0.05) is 11.6 Å². The molecule has 0 saturated carbocycles. The third-order valence-electron chi connectivity index (χ3n) is 2.91. The van der Waals surface area contributed by atoms with Crippen LogP contribution in [0.2, 0.25) is 18.1 Å². The van der Waals surface area contributed by atoms with E-state index >= 15 is 0 Å². The van der Waals surface area contributed by atoms with Crippen molar-refractivity contribution in [3.05, 3.63) is 28.3 Å². The third-order valence-corrected chi connectivity index (χ3v) is 4.90. The van der Waals surface area contributed by atoms with Crippen LogP contribution in [0.3, 0.4) is 0 Å². The number of rotatable bonds is 2. The molecule has 1 heterocycles. The lowest BCUT2D eigenvalue weighted by Crippen LogP contribution is -2.33. The maximum Gasteiger partial charge on any atom is 0.261 e. The fourth-order valence-corrected chi connectivity index (χ4v) is 4.15. The molecule has 0 unspecified atom stereocenters. The van der Waals surface area contributed by atoms with E-state index in [1.165, 1.54) is 4.90 Å². The Morgan fingerprint density at radius 2 is 1.88 bits per heavy atom. The summed E-state index contributed by atoms with van der Waals surface area (Å²) in [6.07, 6.45) is 0. The number of halogens is 1. The molecule has 1 aromatic carbocycles. The van der Waals surface area contributed by atoms with Crippen molar-refractivity contribution in [2.75, 3.05) is 6.54 Å². The molecular weight excluding hydrogens is 254 g/mol. The monoisotopic (exact) mass is 266 g/mol. The van der Waals surface area contributed by atoms with Gasteiger partial charge in [-0.15, -0.1) is 0 Å². The Balaban J connectivity index is 2.70. The fourth-order valence-electron chi connectivity index (χ4n) is 2.13. The van der Waals surface area contributed by atoms with Crippen molar-refractivity contribution >= 4 is 37.4 Å². The van der Waals surface area contributed by atoms with E-state index in [-0.39, 0.29) is 11.8 Å². The summed E-state index contributed by atoms with van der Waals surface area (Å²) in [5, 5.41) is 1.48. The van der Waals surface area contributed by atoms with Crippen molar-refractivity contribution in [1.29, 1.82) is 0 Å². The molecule has 0 aliphatic carbocycles. The smallest absolute Gasteiger partial charge is 0.261 e. The predicted octanol–water partition coefficient (Wildman–Crippen LogP) is 1.92. The summed E-state index contributed by atoms with van der Waals surface area (Å²) < 4.78 is 0. The molecule has 2 rings (SSSR count). The first kappa shape index (κ1) is 12.3. The van der Waals surface area contributed by atoms with Crippen molar-refractivity contribution in [3.63, 3.8) is 0 Å². The molecule has 0 N–H and O–H groups in total. The van der Waals surface area contributed by atoms with Crippen LogP contribution in [-0.4, -0.2) is 32.1 Å². The highest BCUT2D eigenvalue weighted by Crippen LogP contribution is 2.24. The fraction of sp³-hybridized carbons (Fsp3) is 0.333. The summed E-state index contributed by atoms with van der Waals surface area (Å²) in [6, 6.07) is 3.37. The zero-order valence-electron chi connectivity index (χ0n) is 10.0. The first-order chi connectivity index (χ1) is 7.99. The van der Waals surface area contributed by atoms with E-state index in [4.69, 9.17) is 11.6 Å². The maximum atomic E-state index is 12.2. The van der Waals surface area contributed by atoms with Gasteiger partial charge in [0.25, 0.3) is 11.8 Å². The van der Waals surface area contributed by atoms with Crippen LogP contribution in [0.25, 0.3) is 0 Å². The van der Waals surface area contributed by atoms with Crippen LogP contribution >= 0.6 is 11.6 Å². The molecular formula is C12H13ClNO2Si. The first-order valence-corrected chi connectivity index (χ1v) is 8.36. The van der Waals surface area contributed by atoms with Crippen LogP contribution in [0.15, 0.2) is 12.1 Å². The SMILES string of the molecule is CCN1C(=O)c2ccc(Cl)c([Si](C)C)c2C1=O. The van der Waals surface area contributed by atoms with Gasteiger partial charge in [0.1, 0.15) is 0 Å². The number of carbonyl (C=O) groups is 2. The van der Waals surface area contributed by atoms with Crippen LogP contribution in [0.1, 0.15) is 27.6 Å². The van der Waals surface area contributed by atoms with Crippen molar-refractivity contribution in [2.45, 2.75) is 20.0 Å². The van der Waals surface area contributed by atoms with Crippen molar-refractivity contribution < 1.29 is 9.59 Å². The molecule has 1 radical (unpaired) electrons. The highest BCUT2D eigenvalue weighted by molar-refractivity contribution is 6.75. The molecule has 0 bridgehead atoms. The molecule has 1 aliphatic heterocycles. The number of benzene rings is 1. The van der Waals surface area contributed by atoms with E-state index in [1.54, 1.807) is 19.1 Å². The normalized spacial score (nSPS) is 14.8. The molecule has 2 amide bonds. The molecule has 0 spiro atoms. The van der Waals surface area contributed by atoms with Gasteiger partial charge < -0.3 is 0 Å². The molecule has 0 atom stereocenters. The van der Waals surface area contributed by atoms with Crippen molar-refractivity contribution in [1.82, 2.24) is 4.90 Å². The van der Waals surface area contributed by atoms with Gasteiger partial charge in [0.15, 0.2) is 0 Å². The minimum absolute atomic E-state index is 0.198. The van der Waals surface area contributed by atoms with Crippen molar-refractivity contribution in [3.8, 4) is 0 Å². The number of imide groups is 1. The molecule has 0 aromatic heterocycles. The van der Waals surface area contributed by atoms with E-state index in [0.29, 0.717) is 22.7 Å². The minimum atomic E-state index is -0.885. The lowest BCUT2D eigenvalue weighted by molar-refractivity contribution is 0.0663. The van der Waals surface area contributed by atoms with Crippen LogP contribution < -0.4 is 5.19 Å². The highest BCUT2D eigenvalue weighted by Gasteiger charge is 2.37. The second-order valence-electron chi connectivity index (χ2n) is 4.20. The van der Waals surface area contributed by atoms with Gasteiger partial charge in [-0.3, -0.25) is 14.5 Å². The van der Waals surface area contributed by atoms with Gasteiger partial charge in [-0.05, 0) is 24.2 Å². The molecule has 0 fully saturated rings. The summed E-state index contributed by atoms with van der Waals surface area (Å²) in [7, 11) is -0.885. The molecule has 3 nitrogen and oxygen atoms in total. The summed E-state index contributed by atoms with van der Waals surface area (Å²) in [5.74, 6) is -0.398. The predicted molar refractivity (Wildman–Crippen MR) is 69.6 cm³/mol.